The van der Waals surface area contributed by atoms with Gasteiger partial charge in [0.2, 0.25) is 0 Å². The standard InChI is InChI=1S/C9H19NS/c1-10(2)8-9(11)6-4-3-5-7-9/h11H,3-8H2,1-2H3. The Hall–Kier alpha value is 0.310. The number of thiol groups is 1. The van der Waals surface area contributed by atoms with Crippen molar-refractivity contribution in [2.45, 2.75) is 36.9 Å². The van der Waals surface area contributed by atoms with Gasteiger partial charge in [-0.3, -0.25) is 0 Å². The Morgan fingerprint density at radius 1 is 1.18 bits per heavy atom. The molecule has 11 heavy (non-hydrogen) atoms. The number of hydrogen-bond donors (Lipinski definition) is 1. The van der Waals surface area contributed by atoms with Gasteiger partial charge in [0.25, 0.3) is 0 Å². The topological polar surface area (TPSA) is 3.24 Å². The van der Waals surface area contributed by atoms with Crippen LogP contribution in [0.15, 0.2) is 0 Å². The Labute approximate surface area is 75.6 Å². The van der Waals surface area contributed by atoms with Crippen LogP contribution in [0.25, 0.3) is 0 Å². The van der Waals surface area contributed by atoms with Gasteiger partial charge in [0, 0.05) is 11.3 Å². The van der Waals surface area contributed by atoms with Gasteiger partial charge in [-0.15, -0.1) is 0 Å². The van der Waals surface area contributed by atoms with Gasteiger partial charge in [-0.25, -0.2) is 0 Å². The van der Waals surface area contributed by atoms with Gasteiger partial charge in [-0.1, -0.05) is 19.3 Å². The Bertz CT molecular complexity index is 117. The largest absolute Gasteiger partial charge is 0.308 e. The lowest BCUT2D eigenvalue weighted by Crippen LogP contribution is -2.36. The van der Waals surface area contributed by atoms with Crippen LogP contribution in [0.5, 0.6) is 0 Å². The molecule has 0 N–H and O–H groups in total. The van der Waals surface area contributed by atoms with Crippen molar-refractivity contribution in [1.82, 2.24) is 4.90 Å². The van der Waals surface area contributed by atoms with Crippen LogP contribution in [0.1, 0.15) is 32.1 Å². The van der Waals surface area contributed by atoms with E-state index in [4.69, 9.17) is 12.6 Å². The van der Waals surface area contributed by atoms with E-state index < -0.39 is 0 Å². The predicted octanol–water partition coefficient (Wildman–Crippen LogP) is 2.18. The van der Waals surface area contributed by atoms with E-state index in [2.05, 4.69) is 19.0 Å². The minimum atomic E-state index is 0.321. The summed E-state index contributed by atoms with van der Waals surface area (Å²) in [5.74, 6) is 0. The lowest BCUT2D eigenvalue weighted by atomic mass is 9.88. The minimum absolute atomic E-state index is 0.321. The van der Waals surface area contributed by atoms with Crippen molar-refractivity contribution in [1.29, 1.82) is 0 Å². The molecule has 0 atom stereocenters. The van der Waals surface area contributed by atoms with Gasteiger partial charge in [-0.05, 0) is 26.9 Å². The molecule has 0 radical (unpaired) electrons. The molecule has 0 aliphatic heterocycles. The molecule has 0 aromatic heterocycles. The first kappa shape index (κ1) is 9.40. The quantitative estimate of drug-likeness (QED) is 0.626. The highest BCUT2D eigenvalue weighted by molar-refractivity contribution is 7.81. The Morgan fingerprint density at radius 3 is 2.18 bits per heavy atom. The third kappa shape index (κ3) is 3.04. The summed E-state index contributed by atoms with van der Waals surface area (Å²) in [5.41, 5.74) is 0. The van der Waals surface area contributed by atoms with Gasteiger partial charge in [0.1, 0.15) is 0 Å². The number of nitrogens with zero attached hydrogens (tertiary/aromatic N) is 1. The summed E-state index contributed by atoms with van der Waals surface area (Å²) in [5, 5.41) is 0. The molecule has 1 aliphatic rings. The van der Waals surface area contributed by atoms with Crippen LogP contribution >= 0.6 is 12.6 Å². The van der Waals surface area contributed by atoms with Gasteiger partial charge in [0.15, 0.2) is 0 Å². The van der Waals surface area contributed by atoms with Crippen molar-refractivity contribution < 1.29 is 0 Å². The first-order valence-corrected chi connectivity index (χ1v) is 4.94. The number of hydrogen-bond acceptors (Lipinski definition) is 2. The molecule has 0 amide bonds. The third-order valence-electron chi connectivity index (χ3n) is 2.39. The fourth-order valence-electron chi connectivity index (χ4n) is 1.96. The van der Waals surface area contributed by atoms with Crippen LogP contribution in [0, 0.1) is 0 Å². The fraction of sp³-hybridized carbons (Fsp3) is 1.00. The molecule has 0 bridgehead atoms. The Morgan fingerprint density at radius 2 is 1.73 bits per heavy atom. The molecule has 0 heterocycles. The van der Waals surface area contributed by atoms with Gasteiger partial charge in [0.05, 0.1) is 0 Å². The third-order valence-corrected chi connectivity index (χ3v) is 2.98. The molecule has 1 nitrogen and oxygen atoms in total. The molecule has 66 valence electrons. The van der Waals surface area contributed by atoms with Crippen molar-refractivity contribution >= 4 is 12.6 Å². The molecule has 1 saturated carbocycles. The molecule has 1 rings (SSSR count). The SMILES string of the molecule is CN(C)CC1(S)CCCCC1. The second-order valence-electron chi connectivity index (χ2n) is 4.02. The Balaban J connectivity index is 2.37. The van der Waals surface area contributed by atoms with E-state index in [9.17, 15) is 0 Å². The van der Waals surface area contributed by atoms with E-state index >= 15 is 0 Å². The van der Waals surface area contributed by atoms with Crippen molar-refractivity contribution in [3.05, 3.63) is 0 Å². The molecule has 0 unspecified atom stereocenters. The first-order chi connectivity index (χ1) is 5.12. The van der Waals surface area contributed by atoms with Gasteiger partial charge >= 0.3 is 0 Å². The molecule has 0 aromatic carbocycles. The van der Waals surface area contributed by atoms with E-state index in [1.165, 1.54) is 32.1 Å². The van der Waals surface area contributed by atoms with E-state index in [1.807, 2.05) is 0 Å². The first-order valence-electron chi connectivity index (χ1n) is 4.49. The fourth-order valence-corrected chi connectivity index (χ4v) is 2.56. The Kier molecular flexibility index (Phi) is 3.26. The lowest BCUT2D eigenvalue weighted by molar-refractivity contribution is 0.295. The average molecular weight is 173 g/mol. The second-order valence-corrected chi connectivity index (χ2v) is 4.97. The van der Waals surface area contributed by atoms with E-state index in [-0.39, 0.29) is 0 Å². The zero-order valence-electron chi connectivity index (χ0n) is 7.64. The summed E-state index contributed by atoms with van der Waals surface area (Å²) in [6.07, 6.45) is 6.76. The molecule has 0 aromatic rings. The summed E-state index contributed by atoms with van der Waals surface area (Å²) < 4.78 is 0.321. The van der Waals surface area contributed by atoms with Crippen LogP contribution in [-0.2, 0) is 0 Å². The molecule has 0 saturated heterocycles. The van der Waals surface area contributed by atoms with Crippen molar-refractivity contribution in [3.63, 3.8) is 0 Å². The average Bonchev–Trinajstić information content (AvgIpc) is 1.85. The predicted molar refractivity (Wildman–Crippen MR) is 53.4 cm³/mol. The summed E-state index contributed by atoms with van der Waals surface area (Å²) in [6.45, 7) is 1.14. The lowest BCUT2D eigenvalue weighted by Gasteiger charge is -2.34. The summed E-state index contributed by atoms with van der Waals surface area (Å²) in [6, 6.07) is 0. The molecule has 1 fully saturated rings. The molecular formula is C9H19NS. The monoisotopic (exact) mass is 173 g/mol. The van der Waals surface area contributed by atoms with Crippen molar-refractivity contribution in [2.24, 2.45) is 0 Å². The number of rotatable bonds is 2. The molecule has 2 heteroatoms. The maximum absolute atomic E-state index is 4.75. The highest BCUT2D eigenvalue weighted by atomic mass is 32.1. The van der Waals surface area contributed by atoms with Gasteiger partial charge < -0.3 is 4.90 Å². The smallest absolute Gasteiger partial charge is 0.0256 e. The van der Waals surface area contributed by atoms with Crippen molar-refractivity contribution in [2.75, 3.05) is 20.6 Å². The maximum Gasteiger partial charge on any atom is 0.0256 e. The van der Waals surface area contributed by atoms with E-state index in [0.717, 1.165) is 6.54 Å². The van der Waals surface area contributed by atoms with Gasteiger partial charge in [-0.2, -0.15) is 12.6 Å². The minimum Gasteiger partial charge on any atom is -0.308 e. The molecule has 0 spiro atoms. The van der Waals surface area contributed by atoms with E-state index in [1.54, 1.807) is 0 Å². The highest BCUT2D eigenvalue weighted by Crippen LogP contribution is 2.33. The summed E-state index contributed by atoms with van der Waals surface area (Å²) in [7, 11) is 4.26. The molecular weight excluding hydrogens is 154 g/mol. The van der Waals surface area contributed by atoms with Crippen molar-refractivity contribution in [3.8, 4) is 0 Å². The van der Waals surface area contributed by atoms with E-state index in [0.29, 0.717) is 4.75 Å². The van der Waals surface area contributed by atoms with Crippen LogP contribution < -0.4 is 0 Å². The zero-order chi connectivity index (χ0) is 8.32. The summed E-state index contributed by atoms with van der Waals surface area (Å²) in [4.78, 5) is 2.25. The highest BCUT2D eigenvalue weighted by Gasteiger charge is 2.27. The zero-order valence-corrected chi connectivity index (χ0v) is 8.53. The normalized spacial score (nSPS) is 24.0. The molecule has 1 aliphatic carbocycles. The van der Waals surface area contributed by atoms with Crippen LogP contribution in [0.4, 0.5) is 0 Å². The van der Waals surface area contributed by atoms with Crippen LogP contribution in [-0.4, -0.2) is 30.3 Å². The summed E-state index contributed by atoms with van der Waals surface area (Å²) >= 11 is 4.75. The second kappa shape index (κ2) is 3.81. The maximum atomic E-state index is 4.75. The van der Waals surface area contributed by atoms with Crippen LogP contribution in [0.2, 0.25) is 0 Å². The van der Waals surface area contributed by atoms with Crippen LogP contribution in [0.3, 0.4) is 0 Å².